The molecule has 108 valence electrons. The maximum atomic E-state index is 5.24. The standard InChI is InChI=1S/C19H21NO/c1-3-16-14-20(13-15-7-5-4-6-8-15)19(16)17-9-11-18(21-2)12-10-17/h3-12,16,19H,1,13-14H2,2H3/t16-,19-/m1/s1. The third-order valence-corrected chi connectivity index (χ3v) is 4.23. The van der Waals surface area contributed by atoms with Crippen molar-refractivity contribution in [3.8, 4) is 5.75 Å². The van der Waals surface area contributed by atoms with Crippen LogP contribution in [0, 0.1) is 5.92 Å². The van der Waals surface area contributed by atoms with Crippen LogP contribution in [0.3, 0.4) is 0 Å². The summed E-state index contributed by atoms with van der Waals surface area (Å²) in [5.41, 5.74) is 2.70. The van der Waals surface area contributed by atoms with E-state index < -0.39 is 0 Å². The van der Waals surface area contributed by atoms with Crippen LogP contribution in [0.4, 0.5) is 0 Å². The molecule has 2 aromatic carbocycles. The van der Waals surface area contributed by atoms with Gasteiger partial charge in [-0.3, -0.25) is 4.90 Å². The molecule has 1 aliphatic heterocycles. The quantitative estimate of drug-likeness (QED) is 0.765. The second kappa shape index (κ2) is 6.15. The van der Waals surface area contributed by atoms with Crippen LogP contribution in [0.1, 0.15) is 17.2 Å². The van der Waals surface area contributed by atoms with Gasteiger partial charge in [-0.1, -0.05) is 48.5 Å². The molecule has 0 saturated carbocycles. The highest BCUT2D eigenvalue weighted by atomic mass is 16.5. The summed E-state index contributed by atoms with van der Waals surface area (Å²) < 4.78 is 5.24. The Hall–Kier alpha value is -2.06. The Morgan fingerprint density at radius 1 is 1.14 bits per heavy atom. The topological polar surface area (TPSA) is 12.5 Å². The zero-order chi connectivity index (χ0) is 14.7. The van der Waals surface area contributed by atoms with Gasteiger partial charge in [0.15, 0.2) is 0 Å². The lowest BCUT2D eigenvalue weighted by Gasteiger charge is -2.47. The number of rotatable bonds is 5. The Bertz CT molecular complexity index is 591. The Kier molecular flexibility index (Phi) is 4.07. The first-order valence-corrected chi connectivity index (χ1v) is 7.36. The maximum Gasteiger partial charge on any atom is 0.118 e. The number of ether oxygens (including phenoxy) is 1. The van der Waals surface area contributed by atoms with Crippen molar-refractivity contribution in [3.05, 3.63) is 78.4 Å². The molecule has 1 heterocycles. The summed E-state index contributed by atoms with van der Waals surface area (Å²) in [4.78, 5) is 2.50. The number of hydrogen-bond acceptors (Lipinski definition) is 2. The molecular formula is C19H21NO. The summed E-state index contributed by atoms with van der Waals surface area (Å²) in [5, 5.41) is 0. The molecule has 0 aliphatic carbocycles. The van der Waals surface area contributed by atoms with Crippen molar-refractivity contribution in [1.29, 1.82) is 0 Å². The highest BCUT2D eigenvalue weighted by Gasteiger charge is 2.37. The lowest BCUT2D eigenvalue weighted by Crippen LogP contribution is -2.48. The highest BCUT2D eigenvalue weighted by molar-refractivity contribution is 5.32. The largest absolute Gasteiger partial charge is 0.497 e. The van der Waals surface area contributed by atoms with Gasteiger partial charge >= 0.3 is 0 Å². The molecule has 0 unspecified atom stereocenters. The van der Waals surface area contributed by atoms with E-state index in [0.717, 1.165) is 18.8 Å². The Morgan fingerprint density at radius 3 is 2.48 bits per heavy atom. The van der Waals surface area contributed by atoms with Crippen molar-refractivity contribution in [2.24, 2.45) is 5.92 Å². The molecule has 0 amide bonds. The highest BCUT2D eigenvalue weighted by Crippen LogP contribution is 2.40. The fourth-order valence-corrected chi connectivity index (χ4v) is 3.06. The lowest BCUT2D eigenvalue weighted by atomic mass is 9.83. The van der Waals surface area contributed by atoms with E-state index in [-0.39, 0.29) is 0 Å². The van der Waals surface area contributed by atoms with Crippen LogP contribution in [0.5, 0.6) is 5.75 Å². The van der Waals surface area contributed by atoms with Gasteiger partial charge in [0.05, 0.1) is 7.11 Å². The third kappa shape index (κ3) is 2.86. The average Bonchev–Trinajstić information content (AvgIpc) is 2.53. The van der Waals surface area contributed by atoms with E-state index in [4.69, 9.17) is 4.74 Å². The van der Waals surface area contributed by atoms with Crippen molar-refractivity contribution in [2.75, 3.05) is 13.7 Å². The van der Waals surface area contributed by atoms with Gasteiger partial charge in [-0.15, -0.1) is 6.58 Å². The molecule has 0 N–H and O–H groups in total. The minimum absolute atomic E-state index is 0.425. The minimum atomic E-state index is 0.425. The molecular weight excluding hydrogens is 258 g/mol. The molecule has 21 heavy (non-hydrogen) atoms. The number of nitrogens with zero attached hydrogens (tertiary/aromatic N) is 1. The van der Waals surface area contributed by atoms with Crippen molar-refractivity contribution in [3.63, 3.8) is 0 Å². The van der Waals surface area contributed by atoms with Gasteiger partial charge in [0.25, 0.3) is 0 Å². The molecule has 0 radical (unpaired) electrons. The van der Waals surface area contributed by atoms with Gasteiger partial charge in [0.2, 0.25) is 0 Å². The summed E-state index contributed by atoms with van der Waals surface area (Å²) in [6.45, 7) is 6.05. The van der Waals surface area contributed by atoms with Crippen molar-refractivity contribution < 1.29 is 4.74 Å². The van der Waals surface area contributed by atoms with Gasteiger partial charge < -0.3 is 4.74 Å². The molecule has 1 fully saturated rings. The van der Waals surface area contributed by atoms with E-state index >= 15 is 0 Å². The van der Waals surface area contributed by atoms with Gasteiger partial charge in [0, 0.05) is 25.0 Å². The molecule has 0 aromatic heterocycles. The predicted molar refractivity (Wildman–Crippen MR) is 86.3 cm³/mol. The van der Waals surface area contributed by atoms with E-state index in [1.165, 1.54) is 11.1 Å². The van der Waals surface area contributed by atoms with Gasteiger partial charge in [-0.25, -0.2) is 0 Å². The first-order chi connectivity index (χ1) is 10.3. The summed E-state index contributed by atoms with van der Waals surface area (Å²) in [6.07, 6.45) is 2.08. The minimum Gasteiger partial charge on any atom is -0.497 e. The second-order valence-corrected chi connectivity index (χ2v) is 5.53. The van der Waals surface area contributed by atoms with E-state index in [1.807, 2.05) is 12.1 Å². The van der Waals surface area contributed by atoms with Crippen LogP contribution < -0.4 is 4.74 Å². The van der Waals surface area contributed by atoms with Crippen molar-refractivity contribution in [2.45, 2.75) is 12.6 Å². The van der Waals surface area contributed by atoms with Crippen molar-refractivity contribution >= 4 is 0 Å². The Labute approximate surface area is 126 Å². The molecule has 2 atom stereocenters. The van der Waals surface area contributed by atoms with Crippen LogP contribution in [0.2, 0.25) is 0 Å². The molecule has 3 rings (SSSR count). The predicted octanol–water partition coefficient (Wildman–Crippen LogP) is 4.05. The normalized spacial score (nSPS) is 21.6. The van der Waals surface area contributed by atoms with Gasteiger partial charge in [0.1, 0.15) is 5.75 Å². The molecule has 2 aromatic rings. The summed E-state index contributed by atoms with van der Waals surface area (Å²) in [6, 6.07) is 19.5. The summed E-state index contributed by atoms with van der Waals surface area (Å²) in [5.74, 6) is 1.44. The molecule has 2 heteroatoms. The summed E-state index contributed by atoms with van der Waals surface area (Å²) in [7, 11) is 1.70. The van der Waals surface area contributed by atoms with Crippen molar-refractivity contribution in [1.82, 2.24) is 4.90 Å². The van der Waals surface area contributed by atoms with E-state index in [2.05, 4.69) is 60.0 Å². The smallest absolute Gasteiger partial charge is 0.118 e. The molecule has 1 aliphatic rings. The zero-order valence-electron chi connectivity index (χ0n) is 12.4. The van der Waals surface area contributed by atoms with Crippen LogP contribution in [0.25, 0.3) is 0 Å². The Balaban J connectivity index is 1.77. The fraction of sp³-hybridized carbons (Fsp3) is 0.263. The molecule has 1 saturated heterocycles. The third-order valence-electron chi connectivity index (χ3n) is 4.23. The lowest BCUT2D eigenvalue weighted by molar-refractivity contribution is 0.0328. The summed E-state index contributed by atoms with van der Waals surface area (Å²) >= 11 is 0. The fourth-order valence-electron chi connectivity index (χ4n) is 3.06. The van der Waals surface area contributed by atoms with E-state index in [9.17, 15) is 0 Å². The SMILES string of the molecule is C=C[C@@H]1CN(Cc2ccccc2)[C@H]1c1ccc(OC)cc1. The van der Waals surface area contributed by atoms with E-state index in [1.54, 1.807) is 7.11 Å². The second-order valence-electron chi connectivity index (χ2n) is 5.53. The van der Waals surface area contributed by atoms with Crippen LogP contribution in [-0.2, 0) is 6.54 Å². The first kappa shape index (κ1) is 13.9. The van der Waals surface area contributed by atoms with Crippen LogP contribution in [0.15, 0.2) is 67.3 Å². The zero-order valence-corrected chi connectivity index (χ0v) is 12.4. The monoisotopic (exact) mass is 279 g/mol. The number of methoxy groups -OCH3 is 1. The number of likely N-dealkylation sites (tertiary alicyclic amines) is 1. The molecule has 0 bridgehead atoms. The van der Waals surface area contributed by atoms with Crippen LogP contribution in [-0.4, -0.2) is 18.6 Å². The maximum absolute atomic E-state index is 5.24. The Morgan fingerprint density at radius 2 is 1.86 bits per heavy atom. The molecule has 2 nitrogen and oxygen atoms in total. The first-order valence-electron chi connectivity index (χ1n) is 7.36. The number of benzene rings is 2. The van der Waals surface area contributed by atoms with E-state index in [0.29, 0.717) is 12.0 Å². The average molecular weight is 279 g/mol. The molecule has 0 spiro atoms. The van der Waals surface area contributed by atoms with Gasteiger partial charge in [-0.05, 0) is 23.3 Å². The number of hydrogen-bond donors (Lipinski definition) is 0. The van der Waals surface area contributed by atoms with Gasteiger partial charge in [-0.2, -0.15) is 0 Å². The van der Waals surface area contributed by atoms with Crippen LogP contribution >= 0.6 is 0 Å².